The van der Waals surface area contributed by atoms with E-state index >= 15 is 0 Å². The average molecular weight is 283 g/mol. The Labute approximate surface area is 117 Å². The van der Waals surface area contributed by atoms with Crippen LogP contribution in [-0.2, 0) is 4.79 Å². The van der Waals surface area contributed by atoms with Gasteiger partial charge in [-0.25, -0.2) is 8.78 Å². The van der Waals surface area contributed by atoms with Crippen LogP contribution in [0.5, 0.6) is 0 Å². The molecular weight excluding hydrogens is 264 g/mol. The van der Waals surface area contributed by atoms with Crippen LogP contribution in [-0.4, -0.2) is 29.1 Å². The molecule has 3 nitrogen and oxygen atoms in total. The van der Waals surface area contributed by atoms with E-state index in [2.05, 4.69) is 0 Å². The fraction of sp³-hybridized carbons (Fsp3) is 0.533. The molecule has 1 aromatic rings. The molecule has 0 bridgehead atoms. The number of nitrogens with zero attached hydrogens (tertiary/aromatic N) is 1. The number of rotatable bonds is 4. The number of alkyl halides is 2. The minimum absolute atomic E-state index is 0.122. The Kier molecular flexibility index (Phi) is 5.06. The quantitative estimate of drug-likeness (QED) is 0.917. The number of hydrogen-bond donors (Lipinski definition) is 1. The van der Waals surface area contributed by atoms with Crippen molar-refractivity contribution in [2.75, 3.05) is 13.1 Å². The number of carboxylic acid groups (broad SMARTS) is 1. The van der Waals surface area contributed by atoms with Gasteiger partial charge in [0.25, 0.3) is 6.43 Å². The van der Waals surface area contributed by atoms with E-state index in [4.69, 9.17) is 0 Å². The van der Waals surface area contributed by atoms with Crippen LogP contribution in [0, 0.1) is 0 Å². The van der Waals surface area contributed by atoms with Crippen LogP contribution in [0.25, 0.3) is 0 Å². The molecular formula is C15H19F2NO2. The number of carbonyl (C=O) groups is 1. The molecule has 0 saturated carbocycles. The molecule has 1 N–H and O–H groups in total. The lowest BCUT2D eigenvalue weighted by atomic mass is 10.0. The van der Waals surface area contributed by atoms with Crippen LogP contribution in [0.3, 0.4) is 0 Å². The van der Waals surface area contributed by atoms with Crippen molar-refractivity contribution in [3.63, 3.8) is 0 Å². The third-order valence-corrected chi connectivity index (χ3v) is 3.72. The summed E-state index contributed by atoms with van der Waals surface area (Å²) in [5.41, 5.74) is 0.320. The lowest BCUT2D eigenvalue weighted by Crippen LogP contribution is -2.35. The van der Waals surface area contributed by atoms with Crippen LogP contribution in [0.1, 0.15) is 49.3 Å². The molecule has 2 rings (SSSR count). The summed E-state index contributed by atoms with van der Waals surface area (Å²) < 4.78 is 25.5. The molecule has 0 aromatic heterocycles. The van der Waals surface area contributed by atoms with Crippen molar-refractivity contribution in [1.29, 1.82) is 0 Å². The zero-order valence-corrected chi connectivity index (χ0v) is 11.3. The predicted octanol–water partition coefficient (Wildman–Crippen LogP) is 3.63. The van der Waals surface area contributed by atoms with E-state index in [9.17, 15) is 18.7 Å². The Hall–Kier alpha value is -1.49. The van der Waals surface area contributed by atoms with Gasteiger partial charge in [0.15, 0.2) is 0 Å². The van der Waals surface area contributed by atoms with Gasteiger partial charge in [-0.15, -0.1) is 0 Å². The normalized spacial score (nSPS) is 18.8. The molecule has 1 aromatic carbocycles. The first kappa shape index (κ1) is 14.9. The second-order valence-electron chi connectivity index (χ2n) is 5.16. The highest BCUT2D eigenvalue weighted by atomic mass is 19.3. The summed E-state index contributed by atoms with van der Waals surface area (Å²) >= 11 is 0. The van der Waals surface area contributed by atoms with E-state index in [1.54, 1.807) is 6.07 Å². The molecule has 0 aliphatic carbocycles. The smallest absolute Gasteiger partial charge is 0.325 e. The van der Waals surface area contributed by atoms with Gasteiger partial charge in [0.05, 0.1) is 0 Å². The van der Waals surface area contributed by atoms with E-state index in [-0.39, 0.29) is 5.56 Å². The van der Waals surface area contributed by atoms with Crippen LogP contribution < -0.4 is 0 Å². The first-order chi connectivity index (χ1) is 9.59. The Morgan fingerprint density at radius 2 is 1.70 bits per heavy atom. The second-order valence-corrected chi connectivity index (χ2v) is 5.16. The zero-order valence-electron chi connectivity index (χ0n) is 11.3. The van der Waals surface area contributed by atoms with Crippen molar-refractivity contribution in [1.82, 2.24) is 4.90 Å². The number of hydrogen-bond acceptors (Lipinski definition) is 2. The maximum absolute atomic E-state index is 12.8. The molecule has 0 amide bonds. The van der Waals surface area contributed by atoms with E-state index < -0.39 is 18.4 Å². The SMILES string of the molecule is O=C(O)C(c1cccc(C(F)F)c1)N1CCCCCC1. The van der Waals surface area contributed by atoms with E-state index in [0.717, 1.165) is 25.7 Å². The molecule has 1 atom stereocenters. The van der Waals surface area contributed by atoms with Crippen LogP contribution in [0.15, 0.2) is 24.3 Å². The van der Waals surface area contributed by atoms with Crippen LogP contribution in [0.4, 0.5) is 8.78 Å². The third kappa shape index (κ3) is 3.54. The molecule has 0 spiro atoms. The molecule has 0 radical (unpaired) electrons. The van der Waals surface area contributed by atoms with Gasteiger partial charge < -0.3 is 5.11 Å². The highest BCUT2D eigenvalue weighted by molar-refractivity contribution is 5.75. The summed E-state index contributed by atoms with van der Waals surface area (Å²) in [5.74, 6) is -0.974. The first-order valence-electron chi connectivity index (χ1n) is 6.94. The molecule has 1 unspecified atom stereocenters. The second kappa shape index (κ2) is 6.79. The number of benzene rings is 1. The summed E-state index contributed by atoms with van der Waals surface area (Å²) in [4.78, 5) is 13.5. The molecule has 1 saturated heterocycles. The summed E-state index contributed by atoms with van der Waals surface area (Å²) in [5, 5.41) is 9.47. The van der Waals surface area contributed by atoms with Crippen LogP contribution in [0.2, 0.25) is 0 Å². The van der Waals surface area contributed by atoms with E-state index in [0.29, 0.717) is 18.7 Å². The molecule has 20 heavy (non-hydrogen) atoms. The van der Waals surface area contributed by atoms with Gasteiger partial charge in [-0.3, -0.25) is 9.69 Å². The fourth-order valence-corrected chi connectivity index (χ4v) is 2.73. The highest BCUT2D eigenvalue weighted by Crippen LogP contribution is 2.28. The minimum atomic E-state index is -2.58. The lowest BCUT2D eigenvalue weighted by Gasteiger charge is -2.27. The molecule has 1 fully saturated rings. The lowest BCUT2D eigenvalue weighted by molar-refractivity contribution is -0.143. The zero-order chi connectivity index (χ0) is 14.5. The number of likely N-dealkylation sites (tertiary alicyclic amines) is 1. The van der Waals surface area contributed by atoms with Crippen molar-refractivity contribution < 1.29 is 18.7 Å². The molecule has 1 aliphatic heterocycles. The Bertz CT molecular complexity index is 457. The van der Waals surface area contributed by atoms with Crippen molar-refractivity contribution in [3.05, 3.63) is 35.4 Å². The fourth-order valence-electron chi connectivity index (χ4n) is 2.73. The summed E-state index contributed by atoms with van der Waals surface area (Å²) in [6.45, 7) is 1.41. The average Bonchev–Trinajstić information content (AvgIpc) is 2.68. The van der Waals surface area contributed by atoms with Gasteiger partial charge in [0.2, 0.25) is 0 Å². The number of aliphatic carboxylic acids is 1. The Morgan fingerprint density at radius 3 is 2.25 bits per heavy atom. The third-order valence-electron chi connectivity index (χ3n) is 3.72. The number of halogens is 2. The van der Waals surface area contributed by atoms with Gasteiger partial charge >= 0.3 is 5.97 Å². The monoisotopic (exact) mass is 283 g/mol. The molecule has 1 heterocycles. The maximum Gasteiger partial charge on any atom is 0.325 e. The summed E-state index contributed by atoms with van der Waals surface area (Å²) in [7, 11) is 0. The number of carboxylic acids is 1. The molecule has 1 aliphatic rings. The van der Waals surface area contributed by atoms with E-state index in [1.807, 2.05) is 4.90 Å². The standard InChI is InChI=1S/C15H19F2NO2/c16-14(17)12-7-5-6-11(10-12)13(15(19)20)18-8-3-1-2-4-9-18/h5-7,10,13-14H,1-4,8-9H2,(H,19,20). The molecule has 5 heteroatoms. The first-order valence-corrected chi connectivity index (χ1v) is 6.94. The minimum Gasteiger partial charge on any atom is -0.480 e. The predicted molar refractivity (Wildman–Crippen MR) is 71.8 cm³/mol. The maximum atomic E-state index is 12.8. The largest absolute Gasteiger partial charge is 0.480 e. The van der Waals surface area contributed by atoms with E-state index in [1.165, 1.54) is 18.2 Å². The van der Waals surface area contributed by atoms with Crippen molar-refractivity contribution in [2.45, 2.75) is 38.2 Å². The van der Waals surface area contributed by atoms with Gasteiger partial charge in [-0.05, 0) is 37.6 Å². The van der Waals surface area contributed by atoms with Crippen molar-refractivity contribution in [3.8, 4) is 0 Å². The highest BCUT2D eigenvalue weighted by Gasteiger charge is 2.28. The summed E-state index contributed by atoms with van der Waals surface area (Å²) in [6, 6.07) is 4.94. The van der Waals surface area contributed by atoms with Crippen molar-refractivity contribution in [2.24, 2.45) is 0 Å². The van der Waals surface area contributed by atoms with Gasteiger partial charge in [0, 0.05) is 5.56 Å². The van der Waals surface area contributed by atoms with Gasteiger partial charge in [0.1, 0.15) is 6.04 Å². The topological polar surface area (TPSA) is 40.5 Å². The van der Waals surface area contributed by atoms with Crippen molar-refractivity contribution >= 4 is 5.97 Å². The van der Waals surface area contributed by atoms with Gasteiger partial charge in [-0.2, -0.15) is 0 Å². The molecule has 110 valence electrons. The van der Waals surface area contributed by atoms with Crippen LogP contribution >= 0.6 is 0 Å². The Morgan fingerprint density at radius 1 is 1.10 bits per heavy atom. The van der Waals surface area contributed by atoms with Gasteiger partial charge in [-0.1, -0.05) is 31.0 Å². The Balaban J connectivity index is 2.27. The summed E-state index contributed by atoms with van der Waals surface area (Å²) in [6.07, 6.45) is 1.53.